The Balaban J connectivity index is 0.00000231. The summed E-state index contributed by atoms with van der Waals surface area (Å²) in [6, 6.07) is 0. The first kappa shape index (κ1) is 23.1. The second kappa shape index (κ2) is 7.23. The molecule has 8 nitrogen and oxygen atoms in total. The third-order valence-electron chi connectivity index (χ3n) is 10.1. The van der Waals surface area contributed by atoms with Crippen LogP contribution in [0.25, 0.3) is 0 Å². The third kappa shape index (κ3) is 2.72. The van der Waals surface area contributed by atoms with Crippen molar-refractivity contribution in [2.45, 2.75) is 81.7 Å². The summed E-state index contributed by atoms with van der Waals surface area (Å²) in [5.74, 6) is -0.629. The van der Waals surface area contributed by atoms with E-state index in [1.807, 2.05) is 0 Å². The van der Waals surface area contributed by atoms with Crippen LogP contribution in [0.15, 0.2) is 11.6 Å². The van der Waals surface area contributed by atoms with Gasteiger partial charge in [-0.05, 0) is 61.9 Å². The van der Waals surface area contributed by atoms with Crippen molar-refractivity contribution in [1.29, 1.82) is 0 Å². The second-order valence-electron chi connectivity index (χ2n) is 10.9. The highest BCUT2D eigenvalue weighted by atomic mass is 16.5. The summed E-state index contributed by atoms with van der Waals surface area (Å²) in [4.78, 5) is 11.7. The van der Waals surface area contributed by atoms with Crippen molar-refractivity contribution in [3.05, 3.63) is 11.6 Å². The summed E-state index contributed by atoms with van der Waals surface area (Å²) < 4.78 is 5.15. The molecule has 4 unspecified atom stereocenters. The zero-order chi connectivity index (χ0) is 21.5. The minimum atomic E-state index is -1.34. The average molecular weight is 441 g/mol. The molecule has 0 spiro atoms. The lowest BCUT2D eigenvalue weighted by Gasteiger charge is -2.67. The van der Waals surface area contributed by atoms with E-state index in [1.165, 1.54) is 0 Å². The van der Waals surface area contributed by atoms with Gasteiger partial charge in [-0.15, -0.1) is 0 Å². The molecule has 0 aromatic heterocycles. The van der Waals surface area contributed by atoms with E-state index in [0.717, 1.165) is 12.0 Å². The Bertz CT molecular complexity index is 784. The number of carbonyl (C=O) groups excluding carboxylic acids is 1. The minimum absolute atomic E-state index is 0. The van der Waals surface area contributed by atoms with Crippen molar-refractivity contribution in [3.8, 4) is 0 Å². The molecule has 0 aromatic rings. The van der Waals surface area contributed by atoms with Crippen molar-refractivity contribution >= 4 is 5.97 Å². The topological polar surface area (TPSA) is 159 Å². The molecule has 31 heavy (non-hydrogen) atoms. The molecule has 9 atom stereocenters. The van der Waals surface area contributed by atoms with Crippen molar-refractivity contribution in [3.63, 3.8) is 0 Å². The average Bonchev–Trinajstić information content (AvgIpc) is 3.21. The highest BCUT2D eigenvalue weighted by Gasteiger charge is 2.73. The van der Waals surface area contributed by atoms with E-state index in [2.05, 4.69) is 6.92 Å². The fraction of sp³-hybridized carbons (Fsp3) is 0.870. The number of aliphatic hydroxyl groups excluding tert-OH is 3. The zero-order valence-electron chi connectivity index (χ0n) is 18.1. The number of ether oxygens (including phenoxy) is 1. The monoisotopic (exact) mass is 440 g/mol. The fourth-order valence-electron chi connectivity index (χ4n) is 8.63. The smallest absolute Gasteiger partial charge is 0.331 e. The summed E-state index contributed by atoms with van der Waals surface area (Å²) in [5.41, 5.74) is -2.92. The van der Waals surface area contributed by atoms with E-state index >= 15 is 0 Å². The van der Waals surface area contributed by atoms with Crippen LogP contribution < -0.4 is 0 Å². The van der Waals surface area contributed by atoms with Crippen LogP contribution >= 0.6 is 0 Å². The van der Waals surface area contributed by atoms with Gasteiger partial charge in [0.1, 0.15) is 6.61 Å². The Morgan fingerprint density at radius 2 is 1.81 bits per heavy atom. The molecule has 4 fully saturated rings. The van der Waals surface area contributed by atoms with Gasteiger partial charge in [0.2, 0.25) is 0 Å². The Labute approximate surface area is 182 Å². The summed E-state index contributed by atoms with van der Waals surface area (Å²) >= 11 is 0. The third-order valence-corrected chi connectivity index (χ3v) is 10.1. The molecular weight excluding hydrogens is 404 g/mol. The molecule has 5 aliphatic rings. The zero-order valence-corrected chi connectivity index (χ0v) is 18.1. The molecule has 176 valence electrons. The summed E-state index contributed by atoms with van der Waals surface area (Å²) in [7, 11) is 0. The first-order valence-electron chi connectivity index (χ1n) is 11.4. The SMILES string of the molecule is C[C@]12CC[C@H]3[C@@H](CCC4(O)CC(O)CC(O)[C@]34CO)C1(O)CC[C@@H]2C1=CC(=O)OC1.O. The van der Waals surface area contributed by atoms with Gasteiger partial charge in [-0.2, -0.15) is 0 Å². The molecule has 0 bridgehead atoms. The van der Waals surface area contributed by atoms with E-state index in [1.54, 1.807) is 6.08 Å². The van der Waals surface area contributed by atoms with Gasteiger partial charge in [0.05, 0.1) is 35.4 Å². The molecule has 8 heteroatoms. The molecule has 5 rings (SSSR count). The molecule has 4 saturated carbocycles. The fourth-order valence-corrected chi connectivity index (χ4v) is 8.63. The maximum Gasteiger partial charge on any atom is 0.331 e. The predicted molar refractivity (Wildman–Crippen MR) is 110 cm³/mol. The van der Waals surface area contributed by atoms with E-state index in [-0.39, 0.29) is 48.6 Å². The van der Waals surface area contributed by atoms with Gasteiger partial charge in [0.15, 0.2) is 0 Å². The lowest BCUT2D eigenvalue weighted by molar-refractivity contribution is -0.297. The van der Waals surface area contributed by atoms with Crippen LogP contribution in [-0.4, -0.2) is 73.6 Å². The van der Waals surface area contributed by atoms with E-state index in [9.17, 15) is 30.3 Å². The first-order chi connectivity index (χ1) is 14.1. The summed E-state index contributed by atoms with van der Waals surface area (Å²) in [6.45, 7) is 2.04. The Morgan fingerprint density at radius 1 is 1.10 bits per heavy atom. The number of hydrogen-bond donors (Lipinski definition) is 5. The highest BCUT2D eigenvalue weighted by molar-refractivity contribution is 5.85. The van der Waals surface area contributed by atoms with Crippen LogP contribution in [0.5, 0.6) is 0 Å². The van der Waals surface area contributed by atoms with Gasteiger partial charge in [-0.1, -0.05) is 6.92 Å². The normalized spacial score (nSPS) is 53.5. The molecule has 0 amide bonds. The number of rotatable bonds is 2. The highest BCUT2D eigenvalue weighted by Crippen LogP contribution is 2.70. The van der Waals surface area contributed by atoms with Gasteiger partial charge in [0, 0.05) is 24.3 Å². The number of fused-ring (bicyclic) bond motifs is 5. The van der Waals surface area contributed by atoms with Crippen molar-refractivity contribution < 1.29 is 40.5 Å². The van der Waals surface area contributed by atoms with Crippen molar-refractivity contribution in [2.24, 2.45) is 28.6 Å². The van der Waals surface area contributed by atoms with Crippen LogP contribution in [0, 0.1) is 28.6 Å². The first-order valence-corrected chi connectivity index (χ1v) is 11.4. The van der Waals surface area contributed by atoms with Gasteiger partial charge < -0.3 is 35.7 Å². The number of hydrogen-bond acceptors (Lipinski definition) is 7. The van der Waals surface area contributed by atoms with Crippen LogP contribution in [0.4, 0.5) is 0 Å². The molecule has 7 N–H and O–H groups in total. The van der Waals surface area contributed by atoms with Crippen LogP contribution in [-0.2, 0) is 9.53 Å². The quantitative estimate of drug-likeness (QED) is 0.373. The Morgan fingerprint density at radius 3 is 2.45 bits per heavy atom. The lowest BCUT2D eigenvalue weighted by atomic mass is 9.41. The largest absolute Gasteiger partial charge is 0.458 e. The number of carbonyl (C=O) groups is 1. The molecule has 1 aliphatic heterocycles. The van der Waals surface area contributed by atoms with Gasteiger partial charge in [-0.25, -0.2) is 4.79 Å². The van der Waals surface area contributed by atoms with E-state index in [4.69, 9.17) is 4.74 Å². The number of esters is 1. The van der Waals surface area contributed by atoms with Crippen LogP contribution in [0.3, 0.4) is 0 Å². The molecule has 0 aromatic carbocycles. The standard InChI is InChI=1S/C23H34O7.H2O/c1-20-5-2-16-17(23(20,29)7-4-15(20)13-8-19(27)30-11-13)3-6-21(28)10-14(25)9-18(26)22(16,21)12-24;/h8,14-18,24-26,28-29H,2-7,9-12H2,1H3;1H2/t14?,15-,16+,17-,18?,20-,21?,22+,23?;/m1./s1. The van der Waals surface area contributed by atoms with Crippen LogP contribution in [0.2, 0.25) is 0 Å². The summed E-state index contributed by atoms with van der Waals surface area (Å²) in [6.07, 6.45) is 3.73. The maximum absolute atomic E-state index is 12.1. The van der Waals surface area contributed by atoms with Crippen molar-refractivity contribution in [1.82, 2.24) is 0 Å². The Kier molecular flexibility index (Phi) is 5.40. The molecule has 0 radical (unpaired) electrons. The molecule has 4 aliphatic carbocycles. The minimum Gasteiger partial charge on any atom is -0.458 e. The van der Waals surface area contributed by atoms with E-state index < -0.39 is 34.2 Å². The van der Waals surface area contributed by atoms with E-state index in [0.29, 0.717) is 38.7 Å². The molecule has 1 heterocycles. The number of aliphatic hydroxyl groups is 5. The van der Waals surface area contributed by atoms with Gasteiger partial charge >= 0.3 is 5.97 Å². The Hall–Kier alpha value is -1.03. The lowest BCUT2D eigenvalue weighted by Crippen LogP contribution is -2.73. The summed E-state index contributed by atoms with van der Waals surface area (Å²) in [5, 5.41) is 55.5. The molecule has 0 saturated heterocycles. The van der Waals surface area contributed by atoms with Crippen LogP contribution in [0.1, 0.15) is 58.3 Å². The van der Waals surface area contributed by atoms with Gasteiger partial charge in [0.25, 0.3) is 0 Å². The second-order valence-corrected chi connectivity index (χ2v) is 10.9. The predicted octanol–water partition coefficient (Wildman–Crippen LogP) is -0.162. The number of cyclic esters (lactones) is 1. The van der Waals surface area contributed by atoms with Gasteiger partial charge in [-0.3, -0.25) is 0 Å². The molecular formula is C23H36O8. The van der Waals surface area contributed by atoms with Crippen molar-refractivity contribution in [2.75, 3.05) is 13.2 Å². The maximum atomic E-state index is 12.1.